The lowest BCUT2D eigenvalue weighted by Gasteiger charge is -2.08. The summed E-state index contributed by atoms with van der Waals surface area (Å²) in [5.41, 5.74) is 16.9. The molecule has 1 aromatic carbocycles. The lowest BCUT2D eigenvalue weighted by atomic mass is 9.98. The van der Waals surface area contributed by atoms with E-state index in [-0.39, 0.29) is 6.04 Å². The molecule has 32 heavy (non-hydrogen) atoms. The van der Waals surface area contributed by atoms with E-state index in [0.717, 1.165) is 40.4 Å². The van der Waals surface area contributed by atoms with Crippen LogP contribution in [0.4, 0.5) is 5.00 Å². The molecule has 2 aromatic rings. The predicted molar refractivity (Wildman–Crippen MR) is 142 cm³/mol. The second kappa shape index (κ2) is 11.1. The maximum atomic E-state index is 6.00. The first kappa shape index (κ1) is 23.7. The van der Waals surface area contributed by atoms with Crippen molar-refractivity contribution in [2.75, 3.05) is 0 Å². The molecule has 0 spiro atoms. The summed E-state index contributed by atoms with van der Waals surface area (Å²) in [7, 11) is 0. The van der Waals surface area contributed by atoms with Crippen LogP contribution < -0.4 is 22.0 Å². The third-order valence-electron chi connectivity index (χ3n) is 5.42. The summed E-state index contributed by atoms with van der Waals surface area (Å²) in [6, 6.07) is 6.38. The molecule has 1 atom stereocenters. The maximum Gasteiger partial charge on any atom is 0.124 e. The summed E-state index contributed by atoms with van der Waals surface area (Å²) in [5.74, 6) is 0. The van der Waals surface area contributed by atoms with E-state index < -0.39 is 0 Å². The van der Waals surface area contributed by atoms with Gasteiger partial charge < -0.3 is 11.5 Å². The fourth-order valence-corrected chi connectivity index (χ4v) is 4.93. The first-order valence-corrected chi connectivity index (χ1v) is 12.1. The quantitative estimate of drug-likeness (QED) is 0.599. The Labute approximate surface area is 195 Å². The SMILES string of the molecule is C=C(N)c1cccc2/c1=N\c1sc3c(c1\C=C/C=2C)CCC=C3.CC.NC1C=CC=CC1. The molecular weight excluding hydrogens is 410 g/mol. The highest BCUT2D eigenvalue weighted by molar-refractivity contribution is 7.17. The van der Waals surface area contributed by atoms with E-state index >= 15 is 0 Å². The molecule has 0 radical (unpaired) electrons. The molecule has 2 heterocycles. The van der Waals surface area contributed by atoms with Gasteiger partial charge in [0, 0.05) is 33.0 Å². The van der Waals surface area contributed by atoms with Gasteiger partial charge in [0.05, 0.1) is 5.36 Å². The van der Waals surface area contributed by atoms with E-state index in [2.05, 4.69) is 49.9 Å². The van der Waals surface area contributed by atoms with Crippen molar-refractivity contribution in [3.8, 4) is 0 Å². The van der Waals surface area contributed by atoms with Crippen molar-refractivity contribution in [2.45, 2.75) is 46.1 Å². The summed E-state index contributed by atoms with van der Waals surface area (Å²) in [4.78, 5) is 6.34. The van der Waals surface area contributed by atoms with Crippen LogP contribution in [0.1, 0.15) is 55.2 Å². The number of hydrogen-bond donors (Lipinski definition) is 2. The number of para-hydroxylation sites is 1. The predicted octanol–water partition coefficient (Wildman–Crippen LogP) is 5.64. The zero-order valence-electron chi connectivity index (χ0n) is 19.3. The van der Waals surface area contributed by atoms with Crippen molar-refractivity contribution < 1.29 is 0 Å². The van der Waals surface area contributed by atoms with Gasteiger partial charge in [-0.05, 0) is 43.4 Å². The standard InChI is InChI=1S/C20H18N2S.C6H9N.C2H6/c1-12-10-11-17-16-6-3-4-9-18(16)23-20(17)22-19-14(12)7-5-8-15(19)13(2)21;7-6-4-2-1-3-5-6;1-2/h4-5,7-11H,2-3,6,21H2,1H3;1-4,6H,5,7H2;1-2H3/b11-10-,12-10?,14-12+,17-11?,22-19+,22-20?;;. The lowest BCUT2D eigenvalue weighted by Crippen LogP contribution is -2.31. The second-order valence-electron chi connectivity index (χ2n) is 7.67. The highest BCUT2D eigenvalue weighted by Crippen LogP contribution is 2.40. The van der Waals surface area contributed by atoms with Gasteiger partial charge in [0.25, 0.3) is 0 Å². The zero-order chi connectivity index (χ0) is 23.1. The highest BCUT2D eigenvalue weighted by atomic mass is 32.1. The van der Waals surface area contributed by atoms with E-state index in [9.17, 15) is 0 Å². The van der Waals surface area contributed by atoms with Crippen LogP contribution >= 0.6 is 11.3 Å². The Bertz CT molecular complexity index is 1220. The minimum atomic E-state index is 0.269. The normalized spacial score (nSPS) is 21.0. The molecule has 4 heteroatoms. The molecule has 4 N–H and O–H groups in total. The van der Waals surface area contributed by atoms with Gasteiger partial charge in [-0.15, -0.1) is 11.3 Å². The molecule has 0 saturated heterocycles. The Kier molecular flexibility index (Phi) is 8.20. The average molecular weight is 444 g/mol. The third-order valence-corrected chi connectivity index (χ3v) is 6.53. The van der Waals surface area contributed by atoms with Crippen LogP contribution in [0.2, 0.25) is 0 Å². The number of nitrogens with zero attached hydrogens (tertiary/aromatic N) is 1. The molecule has 0 bridgehead atoms. The molecule has 0 fully saturated rings. The Balaban J connectivity index is 0.000000272. The molecule has 0 saturated carbocycles. The number of rotatable bonds is 1. The topological polar surface area (TPSA) is 64.4 Å². The number of fused-ring (bicyclic) bond motifs is 4. The number of allylic oxidation sites excluding steroid dienone is 4. The van der Waals surface area contributed by atoms with Crippen LogP contribution in [0.3, 0.4) is 0 Å². The van der Waals surface area contributed by atoms with Crippen LogP contribution in [-0.2, 0) is 6.42 Å². The van der Waals surface area contributed by atoms with Crippen LogP contribution in [0.5, 0.6) is 0 Å². The van der Waals surface area contributed by atoms with Crippen molar-refractivity contribution in [1.29, 1.82) is 0 Å². The summed E-state index contributed by atoms with van der Waals surface area (Å²) < 4.78 is 0. The molecule has 1 aliphatic heterocycles. The van der Waals surface area contributed by atoms with Crippen molar-refractivity contribution in [3.05, 3.63) is 93.4 Å². The molecular formula is C28H33N3S. The lowest BCUT2D eigenvalue weighted by molar-refractivity contribution is 0.826. The molecule has 166 valence electrons. The molecule has 2 aliphatic carbocycles. The monoisotopic (exact) mass is 443 g/mol. The molecule has 5 rings (SSSR count). The van der Waals surface area contributed by atoms with Gasteiger partial charge in [0.2, 0.25) is 0 Å². The van der Waals surface area contributed by atoms with E-state index in [1.807, 2.05) is 44.2 Å². The van der Waals surface area contributed by atoms with Crippen molar-refractivity contribution in [1.82, 2.24) is 0 Å². The van der Waals surface area contributed by atoms with E-state index in [0.29, 0.717) is 5.70 Å². The summed E-state index contributed by atoms with van der Waals surface area (Å²) in [6.07, 6.45) is 20.1. The minimum Gasteiger partial charge on any atom is -0.399 e. The molecule has 1 unspecified atom stereocenters. The van der Waals surface area contributed by atoms with Gasteiger partial charge in [0.1, 0.15) is 5.00 Å². The van der Waals surface area contributed by atoms with E-state index in [1.165, 1.54) is 21.6 Å². The van der Waals surface area contributed by atoms with Crippen molar-refractivity contribution in [2.24, 2.45) is 16.5 Å². The van der Waals surface area contributed by atoms with Crippen LogP contribution in [-0.4, -0.2) is 6.04 Å². The Morgan fingerprint density at radius 2 is 1.94 bits per heavy atom. The Morgan fingerprint density at radius 1 is 1.12 bits per heavy atom. The Hall–Kier alpha value is -2.95. The highest BCUT2D eigenvalue weighted by Gasteiger charge is 2.17. The molecule has 0 amide bonds. The summed E-state index contributed by atoms with van der Waals surface area (Å²) in [6.45, 7) is 10.0. The maximum absolute atomic E-state index is 6.00. The summed E-state index contributed by atoms with van der Waals surface area (Å²) >= 11 is 1.76. The fourth-order valence-electron chi connectivity index (χ4n) is 3.79. The second-order valence-corrected chi connectivity index (χ2v) is 8.70. The van der Waals surface area contributed by atoms with Gasteiger partial charge in [-0.1, -0.05) is 81.2 Å². The van der Waals surface area contributed by atoms with Crippen LogP contribution in [0, 0.1) is 0 Å². The number of nitrogens with two attached hydrogens (primary N) is 2. The van der Waals surface area contributed by atoms with Crippen molar-refractivity contribution >= 4 is 39.8 Å². The summed E-state index contributed by atoms with van der Waals surface area (Å²) in [5, 5.41) is 3.13. The van der Waals surface area contributed by atoms with Gasteiger partial charge in [-0.25, -0.2) is 4.99 Å². The fraction of sp³-hybridized carbons (Fsp3) is 0.250. The molecule has 3 nitrogen and oxygen atoms in total. The van der Waals surface area contributed by atoms with Crippen molar-refractivity contribution in [3.63, 3.8) is 0 Å². The number of thiophene rings is 1. The first-order valence-electron chi connectivity index (χ1n) is 11.3. The largest absolute Gasteiger partial charge is 0.399 e. The zero-order valence-corrected chi connectivity index (χ0v) is 20.1. The van der Waals surface area contributed by atoms with Crippen LogP contribution in [0.25, 0.3) is 23.4 Å². The third kappa shape index (κ3) is 5.26. The van der Waals surface area contributed by atoms with E-state index in [4.69, 9.17) is 16.5 Å². The van der Waals surface area contributed by atoms with Gasteiger partial charge in [-0.3, -0.25) is 0 Å². The smallest absolute Gasteiger partial charge is 0.124 e. The minimum absolute atomic E-state index is 0.269. The van der Waals surface area contributed by atoms with Crippen LogP contribution in [0.15, 0.2) is 66.2 Å². The number of hydrogen-bond acceptors (Lipinski definition) is 4. The van der Waals surface area contributed by atoms with Gasteiger partial charge in [0.15, 0.2) is 0 Å². The van der Waals surface area contributed by atoms with Gasteiger partial charge >= 0.3 is 0 Å². The Morgan fingerprint density at radius 3 is 2.59 bits per heavy atom. The molecule has 3 aliphatic rings. The molecule has 1 aromatic heterocycles. The van der Waals surface area contributed by atoms with Gasteiger partial charge in [-0.2, -0.15) is 0 Å². The average Bonchev–Trinajstić information content (AvgIpc) is 3.15. The number of benzene rings is 1. The first-order chi connectivity index (χ1) is 15.5. The van der Waals surface area contributed by atoms with E-state index in [1.54, 1.807) is 11.3 Å².